The van der Waals surface area contributed by atoms with E-state index in [0.29, 0.717) is 17.7 Å². The summed E-state index contributed by atoms with van der Waals surface area (Å²) in [6.45, 7) is 1.99. The van der Waals surface area contributed by atoms with Crippen molar-refractivity contribution in [2.75, 3.05) is 12.8 Å². The molecule has 0 atom stereocenters. The normalized spacial score (nSPS) is 12.6. The molecule has 0 aliphatic carbocycles. The van der Waals surface area contributed by atoms with E-state index >= 15 is 0 Å². The van der Waals surface area contributed by atoms with E-state index in [2.05, 4.69) is 15.5 Å². The highest BCUT2D eigenvalue weighted by Gasteiger charge is 2.24. The van der Waals surface area contributed by atoms with Crippen LogP contribution in [0.5, 0.6) is 5.75 Å². The number of nitrogen functional groups attached to an aromatic ring is 1. The standard InChI is InChI=1S/C19H20N4O7S2/c1-10-3-5-13(20)17-12(10)8-16(32(28,29)30)18(19(17)24)23-22-14-7-11(9-21-2)4-6-15(14)31(25,26)27/h3-8,21,24H,9,20H2,1-2H3,(H,25,26,27)(H,28,29,30). The maximum Gasteiger partial charge on any atom is 0.296 e. The Morgan fingerprint density at radius 1 is 0.969 bits per heavy atom. The zero-order valence-corrected chi connectivity index (χ0v) is 18.6. The molecule has 0 heterocycles. The molecular formula is C19H20N4O7S2. The molecule has 32 heavy (non-hydrogen) atoms. The van der Waals surface area contributed by atoms with E-state index in [1.165, 1.54) is 18.2 Å². The molecule has 0 unspecified atom stereocenters. The smallest absolute Gasteiger partial charge is 0.296 e. The molecule has 0 fully saturated rings. The van der Waals surface area contributed by atoms with Gasteiger partial charge in [-0.2, -0.15) is 16.8 Å². The van der Waals surface area contributed by atoms with Crippen LogP contribution in [0.4, 0.5) is 17.1 Å². The van der Waals surface area contributed by atoms with E-state index in [-0.39, 0.29) is 22.1 Å². The van der Waals surface area contributed by atoms with E-state index in [1.54, 1.807) is 20.0 Å². The van der Waals surface area contributed by atoms with Gasteiger partial charge in [0.25, 0.3) is 20.2 Å². The maximum absolute atomic E-state index is 12.0. The summed E-state index contributed by atoms with van der Waals surface area (Å²) in [6.07, 6.45) is 0. The summed E-state index contributed by atoms with van der Waals surface area (Å²) in [5, 5.41) is 21.5. The number of anilines is 1. The van der Waals surface area contributed by atoms with Crippen LogP contribution >= 0.6 is 0 Å². The third kappa shape index (κ3) is 4.56. The molecule has 170 valence electrons. The van der Waals surface area contributed by atoms with Crippen molar-refractivity contribution in [1.29, 1.82) is 0 Å². The number of nitrogens with zero attached hydrogens (tertiary/aromatic N) is 2. The average molecular weight is 481 g/mol. The van der Waals surface area contributed by atoms with Gasteiger partial charge in [0.05, 0.1) is 0 Å². The predicted octanol–water partition coefficient (Wildman–Crippen LogP) is 3.06. The van der Waals surface area contributed by atoms with Crippen molar-refractivity contribution in [2.45, 2.75) is 23.3 Å². The quantitative estimate of drug-likeness (QED) is 0.200. The first-order chi connectivity index (χ1) is 14.8. The highest BCUT2D eigenvalue weighted by Crippen LogP contribution is 2.44. The van der Waals surface area contributed by atoms with Crippen LogP contribution in [0.2, 0.25) is 0 Å². The number of aromatic hydroxyl groups is 1. The van der Waals surface area contributed by atoms with Gasteiger partial charge in [-0.3, -0.25) is 9.11 Å². The minimum Gasteiger partial charge on any atom is -0.505 e. The summed E-state index contributed by atoms with van der Waals surface area (Å²) in [5.41, 5.74) is 6.27. The second-order valence-electron chi connectivity index (χ2n) is 6.95. The highest BCUT2D eigenvalue weighted by atomic mass is 32.2. The van der Waals surface area contributed by atoms with Crippen LogP contribution < -0.4 is 11.1 Å². The van der Waals surface area contributed by atoms with Gasteiger partial charge < -0.3 is 16.2 Å². The topological polar surface area (TPSA) is 192 Å². The summed E-state index contributed by atoms with van der Waals surface area (Å²) in [7, 11) is -7.90. The first-order valence-corrected chi connectivity index (χ1v) is 11.9. The van der Waals surface area contributed by atoms with Gasteiger partial charge in [0.1, 0.15) is 21.2 Å². The fourth-order valence-corrected chi connectivity index (χ4v) is 4.45. The fourth-order valence-electron chi connectivity index (χ4n) is 3.20. The van der Waals surface area contributed by atoms with Crippen molar-refractivity contribution >= 4 is 48.1 Å². The second-order valence-corrected chi connectivity index (χ2v) is 9.73. The SMILES string of the molecule is CNCc1ccc(S(=O)(=O)O)c(N=Nc2c(S(=O)(=O)O)cc3c(C)ccc(N)c3c2O)c1. The number of azo groups is 1. The Kier molecular flexibility index (Phi) is 6.22. The number of rotatable bonds is 6. The van der Waals surface area contributed by atoms with E-state index in [9.17, 15) is 31.0 Å². The molecule has 0 aromatic heterocycles. The highest BCUT2D eigenvalue weighted by molar-refractivity contribution is 7.86. The Hall–Kier alpha value is -3.10. The van der Waals surface area contributed by atoms with Gasteiger partial charge in [0.2, 0.25) is 0 Å². The number of hydrogen-bond donors (Lipinski definition) is 5. The molecule has 0 aliphatic rings. The molecular weight excluding hydrogens is 460 g/mol. The zero-order valence-electron chi connectivity index (χ0n) is 16.9. The minimum atomic E-state index is -4.87. The summed E-state index contributed by atoms with van der Waals surface area (Å²) in [4.78, 5) is -1.33. The van der Waals surface area contributed by atoms with Gasteiger partial charge in [-0.05, 0) is 54.8 Å². The number of nitrogens with one attached hydrogen (secondary N) is 1. The molecule has 0 aliphatic heterocycles. The van der Waals surface area contributed by atoms with Crippen molar-refractivity contribution in [3.63, 3.8) is 0 Å². The molecule has 0 bridgehead atoms. The van der Waals surface area contributed by atoms with Gasteiger partial charge in [-0.15, -0.1) is 10.2 Å². The number of nitrogens with two attached hydrogens (primary N) is 1. The van der Waals surface area contributed by atoms with Crippen molar-refractivity contribution in [3.05, 3.63) is 47.5 Å². The van der Waals surface area contributed by atoms with Crippen LogP contribution in [-0.4, -0.2) is 38.1 Å². The molecule has 0 amide bonds. The number of aryl methyl sites for hydroxylation is 1. The van der Waals surface area contributed by atoms with Gasteiger partial charge in [-0.25, -0.2) is 0 Å². The Morgan fingerprint density at radius 2 is 1.62 bits per heavy atom. The predicted molar refractivity (Wildman–Crippen MR) is 118 cm³/mol. The van der Waals surface area contributed by atoms with Gasteiger partial charge >= 0.3 is 0 Å². The molecule has 0 radical (unpaired) electrons. The molecule has 6 N–H and O–H groups in total. The van der Waals surface area contributed by atoms with Gasteiger partial charge in [0.15, 0.2) is 5.75 Å². The van der Waals surface area contributed by atoms with E-state index in [4.69, 9.17) is 5.73 Å². The van der Waals surface area contributed by atoms with E-state index < -0.39 is 41.5 Å². The van der Waals surface area contributed by atoms with Crippen LogP contribution in [0, 0.1) is 6.92 Å². The van der Waals surface area contributed by atoms with Gasteiger partial charge in [-0.1, -0.05) is 12.1 Å². The van der Waals surface area contributed by atoms with Gasteiger partial charge in [0, 0.05) is 17.6 Å². The second kappa shape index (κ2) is 8.44. The Morgan fingerprint density at radius 3 is 2.22 bits per heavy atom. The summed E-state index contributed by atoms with van der Waals surface area (Å²) in [5.74, 6) is -0.667. The maximum atomic E-state index is 12.0. The summed E-state index contributed by atoms with van der Waals surface area (Å²) >= 11 is 0. The molecule has 0 saturated heterocycles. The average Bonchev–Trinajstić information content (AvgIpc) is 2.68. The lowest BCUT2D eigenvalue weighted by atomic mass is 10.0. The van der Waals surface area contributed by atoms with Crippen molar-refractivity contribution in [3.8, 4) is 5.75 Å². The zero-order chi connectivity index (χ0) is 23.8. The molecule has 3 rings (SSSR count). The number of benzene rings is 3. The molecule has 11 nitrogen and oxygen atoms in total. The number of fused-ring (bicyclic) bond motifs is 1. The molecule has 0 saturated carbocycles. The number of phenolic OH excluding ortho intramolecular Hbond substituents is 1. The lowest BCUT2D eigenvalue weighted by molar-refractivity contribution is 0.472. The molecule has 0 spiro atoms. The molecule has 3 aromatic rings. The lowest BCUT2D eigenvalue weighted by Crippen LogP contribution is -2.06. The van der Waals surface area contributed by atoms with Crippen LogP contribution in [0.15, 0.2) is 56.4 Å². The monoisotopic (exact) mass is 480 g/mol. The minimum absolute atomic E-state index is 0.0882. The first kappa shape index (κ1) is 23.6. The van der Waals surface area contributed by atoms with Crippen LogP contribution in [-0.2, 0) is 26.8 Å². The number of phenols is 1. The summed E-state index contributed by atoms with van der Waals surface area (Å²) < 4.78 is 66.6. The largest absolute Gasteiger partial charge is 0.505 e. The third-order valence-electron chi connectivity index (χ3n) is 4.68. The Balaban J connectivity index is 2.33. The lowest BCUT2D eigenvalue weighted by Gasteiger charge is -2.12. The summed E-state index contributed by atoms with van der Waals surface area (Å²) in [6, 6.07) is 8.07. The van der Waals surface area contributed by atoms with Crippen LogP contribution in [0.3, 0.4) is 0 Å². The fraction of sp³-hybridized carbons (Fsp3) is 0.158. The van der Waals surface area contributed by atoms with E-state index in [0.717, 1.165) is 12.1 Å². The van der Waals surface area contributed by atoms with Crippen molar-refractivity contribution in [1.82, 2.24) is 5.32 Å². The van der Waals surface area contributed by atoms with Crippen LogP contribution in [0.1, 0.15) is 11.1 Å². The molecule has 13 heteroatoms. The third-order valence-corrected chi connectivity index (χ3v) is 6.45. The Labute approximate surface area is 184 Å². The van der Waals surface area contributed by atoms with E-state index in [1.807, 2.05) is 0 Å². The first-order valence-electron chi connectivity index (χ1n) is 9.03. The number of hydrogen-bond acceptors (Lipinski definition) is 9. The van der Waals surface area contributed by atoms with Crippen molar-refractivity contribution < 1.29 is 31.0 Å². The Bertz CT molecular complexity index is 1470. The van der Waals surface area contributed by atoms with Crippen LogP contribution in [0.25, 0.3) is 10.8 Å². The van der Waals surface area contributed by atoms with Crippen molar-refractivity contribution in [2.24, 2.45) is 10.2 Å². The molecule has 3 aromatic carbocycles.